The van der Waals surface area contributed by atoms with Crippen molar-refractivity contribution in [1.29, 1.82) is 0 Å². The molecule has 0 saturated heterocycles. The fourth-order valence-electron chi connectivity index (χ4n) is 3.10. The summed E-state index contributed by atoms with van der Waals surface area (Å²) in [5.41, 5.74) is 0.531. The van der Waals surface area contributed by atoms with Crippen LogP contribution in [0, 0.1) is 10.1 Å². The van der Waals surface area contributed by atoms with Crippen molar-refractivity contribution < 1.29 is 9.72 Å². The van der Waals surface area contributed by atoms with Crippen LogP contribution in [0.15, 0.2) is 24.3 Å². The molecule has 26 heavy (non-hydrogen) atoms. The maximum absolute atomic E-state index is 12.5. The van der Waals surface area contributed by atoms with Gasteiger partial charge in [0.15, 0.2) is 0 Å². The molecule has 0 spiro atoms. The first-order valence-electron chi connectivity index (χ1n) is 10.1. The number of benzene rings is 1. The largest absolute Gasteiger partial charge is 0.339 e. The number of hydrogen-bond donors (Lipinski definition) is 0. The zero-order chi connectivity index (χ0) is 19.2. The number of carbonyl (C=O) groups is 1. The first-order valence-corrected chi connectivity index (χ1v) is 10.1. The summed E-state index contributed by atoms with van der Waals surface area (Å²) in [7, 11) is 0. The van der Waals surface area contributed by atoms with E-state index >= 15 is 0 Å². The molecule has 0 unspecified atom stereocenters. The molecule has 5 heteroatoms. The lowest BCUT2D eigenvalue weighted by atomic mass is 10.1. The Morgan fingerprint density at radius 2 is 1.38 bits per heavy atom. The van der Waals surface area contributed by atoms with E-state index in [0.29, 0.717) is 12.1 Å². The minimum atomic E-state index is -0.449. The van der Waals surface area contributed by atoms with Gasteiger partial charge in [-0.1, -0.05) is 64.7 Å². The predicted molar refractivity (Wildman–Crippen MR) is 107 cm³/mol. The normalized spacial score (nSPS) is 10.7. The Morgan fingerprint density at radius 1 is 0.885 bits per heavy atom. The highest BCUT2D eigenvalue weighted by Gasteiger charge is 2.15. The molecule has 0 heterocycles. The van der Waals surface area contributed by atoms with Crippen LogP contribution in [0.5, 0.6) is 0 Å². The second-order valence-electron chi connectivity index (χ2n) is 6.87. The lowest BCUT2D eigenvalue weighted by molar-refractivity contribution is -0.384. The van der Waals surface area contributed by atoms with Crippen LogP contribution in [0.2, 0.25) is 0 Å². The number of nitrogens with zero attached hydrogens (tertiary/aromatic N) is 2. The van der Waals surface area contributed by atoms with Crippen molar-refractivity contribution in [2.24, 2.45) is 0 Å². The van der Waals surface area contributed by atoms with Gasteiger partial charge in [0.2, 0.25) is 0 Å². The van der Waals surface area contributed by atoms with Crippen LogP contribution in [0.4, 0.5) is 5.69 Å². The smallest absolute Gasteiger partial charge is 0.269 e. The molecule has 0 aromatic heterocycles. The molecule has 1 amide bonds. The maximum atomic E-state index is 12.5. The minimum absolute atomic E-state index is 0.0132. The van der Waals surface area contributed by atoms with Gasteiger partial charge in [0.05, 0.1) is 4.92 Å². The summed E-state index contributed by atoms with van der Waals surface area (Å²) in [6.07, 6.45) is 12.7. The number of nitro groups is 1. The molecule has 1 aromatic carbocycles. The molecule has 0 atom stereocenters. The first-order chi connectivity index (χ1) is 12.6. The lowest BCUT2D eigenvalue weighted by Gasteiger charge is -2.21. The Labute approximate surface area is 157 Å². The number of carbonyl (C=O) groups excluding carboxylic acids is 1. The van der Waals surface area contributed by atoms with E-state index in [1.807, 2.05) is 11.8 Å². The summed E-state index contributed by atoms with van der Waals surface area (Å²) in [6, 6.07) is 5.87. The fourth-order valence-corrected chi connectivity index (χ4v) is 3.10. The van der Waals surface area contributed by atoms with Crippen molar-refractivity contribution in [2.75, 3.05) is 13.1 Å². The molecule has 0 saturated carbocycles. The molecule has 0 aliphatic carbocycles. The van der Waals surface area contributed by atoms with Crippen LogP contribution in [0.25, 0.3) is 0 Å². The zero-order valence-corrected chi connectivity index (χ0v) is 16.4. The highest BCUT2D eigenvalue weighted by Crippen LogP contribution is 2.15. The Morgan fingerprint density at radius 3 is 1.85 bits per heavy atom. The Bertz CT molecular complexity index is 529. The predicted octanol–water partition coefficient (Wildman–Crippen LogP) is 5.98. The fraction of sp³-hybridized carbons (Fsp3) is 0.667. The van der Waals surface area contributed by atoms with Crippen molar-refractivity contribution in [2.45, 2.75) is 78.1 Å². The van der Waals surface area contributed by atoms with E-state index in [4.69, 9.17) is 0 Å². The van der Waals surface area contributed by atoms with Crippen molar-refractivity contribution >= 4 is 11.6 Å². The molecule has 0 bridgehead atoms. The van der Waals surface area contributed by atoms with Gasteiger partial charge >= 0.3 is 0 Å². The van der Waals surface area contributed by atoms with Gasteiger partial charge in [0.25, 0.3) is 11.6 Å². The van der Waals surface area contributed by atoms with Gasteiger partial charge in [-0.05, 0) is 25.5 Å². The maximum Gasteiger partial charge on any atom is 0.269 e. The number of hydrogen-bond acceptors (Lipinski definition) is 3. The minimum Gasteiger partial charge on any atom is -0.339 e. The summed E-state index contributed by atoms with van der Waals surface area (Å²) < 4.78 is 0. The first kappa shape index (κ1) is 22.1. The van der Waals surface area contributed by atoms with Gasteiger partial charge in [0, 0.05) is 30.8 Å². The number of rotatable bonds is 14. The topological polar surface area (TPSA) is 63.5 Å². The van der Waals surface area contributed by atoms with Gasteiger partial charge in [0.1, 0.15) is 0 Å². The molecule has 0 fully saturated rings. The summed E-state index contributed by atoms with van der Waals surface area (Å²) in [6.45, 7) is 5.63. The van der Waals surface area contributed by atoms with Crippen molar-refractivity contribution in [3.05, 3.63) is 39.9 Å². The molecule has 5 nitrogen and oxygen atoms in total. The van der Waals surface area contributed by atoms with Gasteiger partial charge in [-0.2, -0.15) is 0 Å². The third-order valence-corrected chi connectivity index (χ3v) is 4.78. The molecule has 0 aliphatic heterocycles. The van der Waals surface area contributed by atoms with Gasteiger partial charge < -0.3 is 4.90 Å². The molecule has 0 aliphatic rings. The van der Waals surface area contributed by atoms with Crippen LogP contribution in [-0.2, 0) is 0 Å². The van der Waals surface area contributed by atoms with E-state index in [-0.39, 0.29) is 11.6 Å². The molecular weight excluding hydrogens is 328 g/mol. The summed E-state index contributed by atoms with van der Waals surface area (Å²) >= 11 is 0. The monoisotopic (exact) mass is 362 g/mol. The SMILES string of the molecule is CCCCCCCCCCCCN(CC)C(=O)c1ccc([N+](=O)[O-])cc1. The van der Waals surface area contributed by atoms with E-state index in [2.05, 4.69) is 6.92 Å². The van der Waals surface area contributed by atoms with Crippen LogP contribution in [0.1, 0.15) is 88.4 Å². The number of non-ortho nitro benzene ring substituents is 1. The van der Waals surface area contributed by atoms with Gasteiger partial charge in [-0.15, -0.1) is 0 Å². The Balaban J connectivity index is 2.23. The summed E-state index contributed by atoms with van der Waals surface area (Å²) in [5, 5.41) is 10.7. The molecule has 146 valence electrons. The van der Waals surface area contributed by atoms with E-state index in [1.54, 1.807) is 12.1 Å². The standard InChI is InChI=1S/C21H34N2O3/c1-3-5-6-7-8-9-10-11-12-13-18-22(4-2)21(24)19-14-16-20(17-15-19)23(25)26/h14-17H,3-13,18H2,1-2H3. The van der Waals surface area contributed by atoms with Crippen molar-refractivity contribution in [3.8, 4) is 0 Å². The lowest BCUT2D eigenvalue weighted by Crippen LogP contribution is -2.31. The zero-order valence-electron chi connectivity index (χ0n) is 16.4. The highest BCUT2D eigenvalue weighted by molar-refractivity contribution is 5.94. The Hall–Kier alpha value is -1.91. The van der Waals surface area contributed by atoms with Gasteiger partial charge in [-0.25, -0.2) is 0 Å². The summed E-state index contributed by atoms with van der Waals surface area (Å²) in [4.78, 5) is 24.6. The van der Waals surface area contributed by atoms with E-state index in [1.165, 1.54) is 63.5 Å². The quantitative estimate of drug-likeness (QED) is 0.232. The van der Waals surface area contributed by atoms with Crippen LogP contribution in [0.3, 0.4) is 0 Å². The van der Waals surface area contributed by atoms with Crippen molar-refractivity contribution in [1.82, 2.24) is 4.90 Å². The number of unbranched alkanes of at least 4 members (excludes halogenated alkanes) is 9. The van der Waals surface area contributed by atoms with Crippen LogP contribution < -0.4 is 0 Å². The second kappa shape index (κ2) is 13.3. The highest BCUT2D eigenvalue weighted by atomic mass is 16.6. The molecule has 0 N–H and O–H groups in total. The number of amides is 1. The summed E-state index contributed by atoms with van der Waals surface area (Å²) in [5.74, 6) is -0.0432. The Kier molecular flexibility index (Phi) is 11.3. The molecule has 1 aromatic rings. The van der Waals surface area contributed by atoms with Gasteiger partial charge in [-0.3, -0.25) is 14.9 Å². The van der Waals surface area contributed by atoms with E-state index in [0.717, 1.165) is 19.4 Å². The third-order valence-electron chi connectivity index (χ3n) is 4.78. The molecular formula is C21H34N2O3. The van der Waals surface area contributed by atoms with E-state index in [9.17, 15) is 14.9 Å². The average molecular weight is 363 g/mol. The average Bonchev–Trinajstić information content (AvgIpc) is 2.66. The molecule has 1 rings (SSSR count). The second-order valence-corrected chi connectivity index (χ2v) is 6.87. The number of nitro benzene ring substituents is 1. The van der Waals surface area contributed by atoms with E-state index < -0.39 is 4.92 Å². The van der Waals surface area contributed by atoms with Crippen molar-refractivity contribution in [3.63, 3.8) is 0 Å². The molecule has 0 radical (unpaired) electrons. The third kappa shape index (κ3) is 8.45. The van der Waals surface area contributed by atoms with Crippen LogP contribution >= 0.6 is 0 Å². The van der Waals surface area contributed by atoms with Crippen LogP contribution in [-0.4, -0.2) is 28.8 Å².